The van der Waals surface area contributed by atoms with Crippen molar-refractivity contribution in [3.05, 3.63) is 77.9 Å². The number of pyridine rings is 1. The van der Waals surface area contributed by atoms with Crippen molar-refractivity contribution >= 4 is 30.2 Å². The van der Waals surface area contributed by atoms with Crippen LogP contribution in [0.15, 0.2) is 66.7 Å². The first kappa shape index (κ1) is 26.1. The van der Waals surface area contributed by atoms with Crippen LogP contribution in [0.1, 0.15) is 11.1 Å². The maximum atomic E-state index is 9.93. The first-order valence-electron chi connectivity index (χ1n) is 11.0. The number of fused-ring (bicyclic) bond motifs is 5. The molecule has 5 rings (SSSR count). The third-order valence-corrected chi connectivity index (χ3v) is 5.89. The third-order valence-electron chi connectivity index (χ3n) is 5.89. The van der Waals surface area contributed by atoms with Crippen LogP contribution < -0.4 is 14.0 Å². The van der Waals surface area contributed by atoms with Crippen molar-refractivity contribution in [2.24, 2.45) is 0 Å². The van der Waals surface area contributed by atoms with E-state index in [1.807, 2.05) is 0 Å². The molecule has 192 valence electrons. The Morgan fingerprint density at radius 1 is 0.778 bits per heavy atom. The molecule has 0 N–H and O–H groups in total. The van der Waals surface area contributed by atoms with Gasteiger partial charge in [-0.1, -0.05) is 35.9 Å². The van der Waals surface area contributed by atoms with Gasteiger partial charge in [0.25, 0.3) is 0 Å². The number of benzene rings is 3. The number of aryl methyl sites for hydroxylation is 2. The van der Waals surface area contributed by atoms with Crippen LogP contribution in [0.25, 0.3) is 33.3 Å². The van der Waals surface area contributed by atoms with Gasteiger partial charge in [-0.3, -0.25) is 0 Å². The van der Waals surface area contributed by atoms with E-state index < -0.39 is 19.5 Å². The Kier molecular flexibility index (Phi) is 6.23. The summed E-state index contributed by atoms with van der Waals surface area (Å²) in [4.78, 5) is 0. The zero-order chi connectivity index (χ0) is 26.4. The maximum absolute atomic E-state index is 11.2. The summed E-state index contributed by atoms with van der Waals surface area (Å²) in [5, 5.41) is 2.51. The molecule has 4 aromatic rings. The summed E-state index contributed by atoms with van der Waals surface area (Å²) in [5.74, 6) is 1.56. The first-order valence-corrected chi connectivity index (χ1v) is 16.8. The van der Waals surface area contributed by atoms with Crippen LogP contribution in [0, 0.1) is 6.92 Å². The molecule has 1 aromatic heterocycles. The molecule has 1 aliphatic rings. The fourth-order valence-corrected chi connectivity index (χ4v) is 4.40. The average molecular weight is 618 g/mol. The van der Waals surface area contributed by atoms with Crippen molar-refractivity contribution in [2.45, 2.75) is 19.9 Å². The van der Waals surface area contributed by atoms with Crippen molar-refractivity contribution in [1.29, 1.82) is 0 Å². The van der Waals surface area contributed by atoms with Gasteiger partial charge in [0.05, 0.1) is 25.2 Å². The summed E-state index contributed by atoms with van der Waals surface area (Å²) in [6, 6.07) is 24.0. The Hall–Kier alpha value is -2.93. The molecule has 0 spiro atoms. The van der Waals surface area contributed by atoms with Gasteiger partial charge in [-0.15, -0.1) is 0 Å². The molecule has 0 aliphatic carbocycles. The Morgan fingerprint density at radius 3 is 1.97 bits per heavy atom. The number of nitrogens with zero attached hydrogens (tertiary/aromatic N) is 1. The summed E-state index contributed by atoms with van der Waals surface area (Å²) >= 11 is -11.2. The van der Waals surface area contributed by atoms with E-state index >= 15 is 0 Å². The monoisotopic (exact) mass is 617 g/mol. The molecular weight excluding hydrogens is 594 g/mol. The van der Waals surface area contributed by atoms with E-state index in [0.29, 0.717) is 0 Å². The molecule has 0 saturated carbocycles. The number of methoxy groups -OCH3 is 2. The quantitative estimate of drug-likeness (QED) is 0.135. The van der Waals surface area contributed by atoms with Gasteiger partial charge >= 0.3 is 36.4 Å². The molecule has 3 aromatic carbocycles. The molecule has 0 radical (unpaired) electrons. The Labute approximate surface area is 206 Å². The summed E-state index contributed by atoms with van der Waals surface area (Å²) in [6.45, 7) is 3.06. The van der Waals surface area contributed by atoms with Gasteiger partial charge in [-0.05, 0) is 48.2 Å². The fourth-order valence-electron chi connectivity index (χ4n) is 4.40. The third kappa shape index (κ3) is 6.24. The number of halogens is 6. The van der Waals surface area contributed by atoms with Gasteiger partial charge in [0, 0.05) is 18.1 Å². The summed E-state index contributed by atoms with van der Waals surface area (Å²) in [6.07, 6.45) is 0.963. The molecular formula is C26H24F6NO2Sb. The number of hydrogen-bond donors (Lipinski definition) is 0. The van der Waals surface area contributed by atoms with Crippen molar-refractivity contribution in [2.75, 3.05) is 14.2 Å². The molecule has 10 heteroatoms. The second-order valence-electron chi connectivity index (χ2n) is 8.56. The number of rotatable bonds is 3. The average Bonchev–Trinajstić information content (AvgIpc) is 2.80. The Morgan fingerprint density at radius 2 is 1.36 bits per heavy atom. The summed E-state index contributed by atoms with van der Waals surface area (Å²) in [5.41, 5.74) is 7.54. The zero-order valence-corrected chi connectivity index (χ0v) is 22.3. The molecule has 0 saturated heterocycles. The van der Waals surface area contributed by atoms with E-state index in [-0.39, 0.29) is 0 Å². The summed E-state index contributed by atoms with van der Waals surface area (Å²) < 4.78 is 73.2. The molecule has 0 bridgehead atoms. The topological polar surface area (TPSA) is 22.3 Å². The second-order valence-corrected chi connectivity index (χ2v) is 14.0. The van der Waals surface area contributed by atoms with Crippen LogP contribution in [-0.2, 0) is 13.0 Å². The van der Waals surface area contributed by atoms with Crippen molar-refractivity contribution in [3.8, 4) is 34.0 Å². The number of ether oxygens (including phenoxy) is 2. The molecule has 0 atom stereocenters. The van der Waals surface area contributed by atoms with E-state index in [2.05, 4.69) is 78.2 Å². The number of aromatic nitrogens is 1. The Bertz CT molecular complexity index is 1440. The number of hydrogen-bond acceptors (Lipinski definition) is 2. The molecule has 0 fully saturated rings. The molecule has 36 heavy (non-hydrogen) atoms. The predicted molar refractivity (Wildman–Crippen MR) is 129 cm³/mol. The molecule has 0 amide bonds. The minimum absolute atomic E-state index is 0.768. The first-order chi connectivity index (χ1) is 16.6. The Balaban J connectivity index is 0.000000384. The van der Waals surface area contributed by atoms with Gasteiger partial charge in [0.2, 0.25) is 11.4 Å². The van der Waals surface area contributed by atoms with E-state index in [9.17, 15) is 16.9 Å². The van der Waals surface area contributed by atoms with Crippen LogP contribution in [0.4, 0.5) is 16.9 Å². The standard InChI is InChI=1S/C26H24NO2.6FH.Sb/c1-17-8-10-18(11-9-17)23-14-19-6-4-5-7-21(19)26-22-16-25(29-3)24(28-2)15-20(22)12-13-27(23)26;;;;;;;/h4-11,14-16H,12-13H2,1-3H3;6*1H;/q+1;;;;;;;+5/p-6. The second kappa shape index (κ2) is 8.58. The van der Waals surface area contributed by atoms with E-state index in [4.69, 9.17) is 9.47 Å². The van der Waals surface area contributed by atoms with Crippen molar-refractivity contribution in [3.63, 3.8) is 0 Å². The minimum atomic E-state index is -11.2. The SMILES string of the molecule is COc1cc2c(cc1OC)-c1c3ccccc3cc(-c3ccc(C)cc3)[n+]1CC2.[F][Sb-]([F])([F])([F])([F])[F]. The van der Waals surface area contributed by atoms with Crippen molar-refractivity contribution in [1.82, 2.24) is 0 Å². The van der Waals surface area contributed by atoms with Crippen LogP contribution in [0.3, 0.4) is 0 Å². The van der Waals surface area contributed by atoms with Gasteiger partial charge in [-0.25, -0.2) is 0 Å². The molecule has 0 unspecified atom stereocenters. The van der Waals surface area contributed by atoms with Gasteiger partial charge in [0.1, 0.15) is 0 Å². The van der Waals surface area contributed by atoms with Crippen LogP contribution >= 0.6 is 0 Å². The van der Waals surface area contributed by atoms with E-state index in [1.54, 1.807) is 14.2 Å². The van der Waals surface area contributed by atoms with Crippen molar-refractivity contribution < 1.29 is 30.9 Å². The fraction of sp³-hybridized carbons (Fsp3) is 0.192. The van der Waals surface area contributed by atoms with Crippen LogP contribution in [0.2, 0.25) is 0 Å². The van der Waals surface area contributed by atoms with Gasteiger partial charge in [-0.2, -0.15) is 4.57 Å². The predicted octanol–water partition coefficient (Wildman–Crippen LogP) is 7.48. The van der Waals surface area contributed by atoms with Gasteiger partial charge in [0.15, 0.2) is 18.0 Å². The molecule has 3 nitrogen and oxygen atoms in total. The molecule has 1 aliphatic heterocycles. The summed E-state index contributed by atoms with van der Waals surface area (Å²) in [7, 11) is 3.39. The molecule has 2 heterocycles. The van der Waals surface area contributed by atoms with E-state index in [0.717, 1.165) is 24.5 Å². The van der Waals surface area contributed by atoms with Crippen LogP contribution in [-0.4, -0.2) is 33.7 Å². The van der Waals surface area contributed by atoms with E-state index in [1.165, 1.54) is 44.4 Å². The van der Waals surface area contributed by atoms with Gasteiger partial charge < -0.3 is 9.47 Å². The zero-order valence-electron chi connectivity index (χ0n) is 19.7. The normalized spacial score (nSPS) is 14.5. The van der Waals surface area contributed by atoms with Crippen LogP contribution in [0.5, 0.6) is 11.5 Å².